The number of nitrogens with zero attached hydrogens (tertiary/aromatic N) is 3. The SMILES string of the molecule is COCCCN(CC(=O)N(Cc1cccn1Cc1ccccc1)C1CCCCC1)C(=O)/C=C/c1ccccc1. The van der Waals surface area contributed by atoms with Gasteiger partial charge in [-0.2, -0.15) is 0 Å². The maximum atomic E-state index is 13.9. The molecule has 1 aliphatic rings. The van der Waals surface area contributed by atoms with Crippen LogP contribution in [0.4, 0.5) is 0 Å². The summed E-state index contributed by atoms with van der Waals surface area (Å²) in [5, 5.41) is 0. The minimum atomic E-state index is -0.153. The highest BCUT2D eigenvalue weighted by molar-refractivity contribution is 5.94. The number of amides is 2. The van der Waals surface area contributed by atoms with Gasteiger partial charge >= 0.3 is 0 Å². The van der Waals surface area contributed by atoms with Gasteiger partial charge in [-0.05, 0) is 48.6 Å². The van der Waals surface area contributed by atoms with Gasteiger partial charge in [0.05, 0.1) is 6.54 Å². The van der Waals surface area contributed by atoms with E-state index in [1.165, 1.54) is 12.0 Å². The van der Waals surface area contributed by atoms with Crippen LogP contribution >= 0.6 is 0 Å². The largest absolute Gasteiger partial charge is 0.385 e. The average Bonchev–Trinajstić information content (AvgIpc) is 3.42. The summed E-state index contributed by atoms with van der Waals surface area (Å²) in [4.78, 5) is 30.9. The quantitative estimate of drug-likeness (QED) is 0.209. The second-order valence-electron chi connectivity index (χ2n) is 10.3. The average molecular weight is 528 g/mol. The molecular formula is C33H41N3O3. The van der Waals surface area contributed by atoms with Gasteiger partial charge in [0.2, 0.25) is 11.8 Å². The number of ether oxygens (including phenoxy) is 1. The number of aromatic nitrogens is 1. The summed E-state index contributed by atoms with van der Waals surface area (Å²) in [5.74, 6) is -0.146. The van der Waals surface area contributed by atoms with Crippen molar-refractivity contribution in [2.45, 2.75) is 57.7 Å². The molecule has 0 saturated heterocycles. The highest BCUT2D eigenvalue weighted by Gasteiger charge is 2.28. The van der Waals surface area contributed by atoms with Gasteiger partial charge in [0.25, 0.3) is 0 Å². The van der Waals surface area contributed by atoms with Crippen molar-refractivity contribution in [2.24, 2.45) is 0 Å². The Kier molecular flexibility index (Phi) is 11.0. The molecule has 4 rings (SSSR count). The predicted molar refractivity (Wildman–Crippen MR) is 156 cm³/mol. The summed E-state index contributed by atoms with van der Waals surface area (Å²) < 4.78 is 7.45. The van der Waals surface area contributed by atoms with E-state index >= 15 is 0 Å². The Morgan fingerprint density at radius 3 is 2.38 bits per heavy atom. The molecule has 1 heterocycles. The molecule has 2 aromatic carbocycles. The molecule has 0 atom stereocenters. The van der Waals surface area contributed by atoms with Gasteiger partial charge in [-0.1, -0.05) is 79.9 Å². The summed E-state index contributed by atoms with van der Waals surface area (Å²) in [6, 6.07) is 24.5. The molecule has 1 saturated carbocycles. The normalized spacial score (nSPS) is 14.0. The molecular weight excluding hydrogens is 486 g/mol. The summed E-state index contributed by atoms with van der Waals surface area (Å²) >= 11 is 0. The molecule has 0 unspecified atom stereocenters. The number of carbonyl (C=O) groups excluding carboxylic acids is 2. The Morgan fingerprint density at radius 1 is 0.949 bits per heavy atom. The van der Waals surface area contributed by atoms with E-state index < -0.39 is 0 Å². The highest BCUT2D eigenvalue weighted by atomic mass is 16.5. The Morgan fingerprint density at radius 2 is 1.67 bits per heavy atom. The zero-order valence-electron chi connectivity index (χ0n) is 23.1. The van der Waals surface area contributed by atoms with Crippen molar-refractivity contribution >= 4 is 17.9 Å². The summed E-state index contributed by atoms with van der Waals surface area (Å²) in [7, 11) is 1.65. The van der Waals surface area contributed by atoms with Gasteiger partial charge in [0, 0.05) is 50.8 Å². The lowest BCUT2D eigenvalue weighted by molar-refractivity contribution is -0.141. The van der Waals surface area contributed by atoms with Crippen molar-refractivity contribution in [3.63, 3.8) is 0 Å². The smallest absolute Gasteiger partial charge is 0.247 e. The van der Waals surface area contributed by atoms with Crippen LogP contribution in [0.2, 0.25) is 0 Å². The standard InChI is InChI=1S/C33H41N3O3/c1-39-24-12-23-35(32(37)21-20-28-13-5-2-6-14-28)27-33(38)36(30-17-9-4-10-18-30)26-31-19-11-22-34(31)25-29-15-7-3-8-16-29/h2-3,5-8,11,13-16,19-22,30H,4,9-10,12,17-18,23-27H2,1H3/b21-20+. The van der Waals surface area contributed by atoms with E-state index in [-0.39, 0.29) is 24.4 Å². The molecule has 1 fully saturated rings. The molecule has 6 heteroatoms. The fraction of sp³-hybridized carbons (Fsp3) is 0.394. The fourth-order valence-corrected chi connectivity index (χ4v) is 5.27. The van der Waals surface area contributed by atoms with Gasteiger partial charge in [-0.25, -0.2) is 0 Å². The van der Waals surface area contributed by atoms with Gasteiger partial charge in [0.15, 0.2) is 0 Å². The van der Waals surface area contributed by atoms with Gasteiger partial charge < -0.3 is 19.1 Å². The number of rotatable bonds is 13. The second-order valence-corrected chi connectivity index (χ2v) is 10.3. The van der Waals surface area contributed by atoms with Gasteiger partial charge in [-0.15, -0.1) is 0 Å². The van der Waals surface area contributed by atoms with E-state index in [9.17, 15) is 9.59 Å². The molecule has 0 spiro atoms. The Balaban J connectivity index is 1.50. The van der Waals surface area contributed by atoms with Crippen LogP contribution < -0.4 is 0 Å². The molecule has 1 aromatic heterocycles. The van der Waals surface area contributed by atoms with Crippen LogP contribution in [0.15, 0.2) is 85.1 Å². The minimum Gasteiger partial charge on any atom is -0.385 e. The van der Waals surface area contributed by atoms with E-state index in [0.29, 0.717) is 26.1 Å². The second kappa shape index (κ2) is 15.1. The lowest BCUT2D eigenvalue weighted by atomic mass is 9.94. The maximum absolute atomic E-state index is 13.9. The first-order valence-electron chi connectivity index (χ1n) is 14.1. The number of hydrogen-bond donors (Lipinski definition) is 0. The number of methoxy groups -OCH3 is 1. The minimum absolute atomic E-state index is 0.00763. The lowest BCUT2D eigenvalue weighted by Crippen LogP contribution is -2.47. The maximum Gasteiger partial charge on any atom is 0.247 e. The zero-order valence-corrected chi connectivity index (χ0v) is 23.1. The van der Waals surface area contributed by atoms with E-state index in [0.717, 1.165) is 43.5 Å². The molecule has 2 amide bonds. The number of carbonyl (C=O) groups is 2. The summed E-state index contributed by atoms with van der Waals surface area (Å²) in [5.41, 5.74) is 3.29. The van der Waals surface area contributed by atoms with Gasteiger partial charge in [0.1, 0.15) is 6.54 Å². The van der Waals surface area contributed by atoms with Crippen molar-refractivity contribution < 1.29 is 14.3 Å². The van der Waals surface area contributed by atoms with Crippen molar-refractivity contribution in [3.8, 4) is 0 Å². The molecule has 6 nitrogen and oxygen atoms in total. The summed E-state index contributed by atoms with van der Waals surface area (Å²) in [6.45, 7) is 2.39. The van der Waals surface area contributed by atoms with Crippen LogP contribution in [0.3, 0.4) is 0 Å². The molecule has 3 aromatic rings. The molecule has 206 valence electrons. The van der Waals surface area contributed by atoms with Crippen LogP contribution in [0.5, 0.6) is 0 Å². The van der Waals surface area contributed by atoms with Crippen molar-refractivity contribution in [1.29, 1.82) is 0 Å². The van der Waals surface area contributed by atoms with Gasteiger partial charge in [-0.3, -0.25) is 9.59 Å². The topological polar surface area (TPSA) is 54.8 Å². The summed E-state index contributed by atoms with van der Waals surface area (Å²) in [6.07, 6.45) is 11.7. The molecule has 39 heavy (non-hydrogen) atoms. The van der Waals surface area contributed by atoms with Crippen LogP contribution in [-0.4, -0.2) is 59.0 Å². The van der Waals surface area contributed by atoms with Crippen LogP contribution in [-0.2, 0) is 27.4 Å². The van der Waals surface area contributed by atoms with Crippen LogP contribution in [0, 0.1) is 0 Å². The van der Waals surface area contributed by atoms with E-state index in [2.05, 4.69) is 47.2 Å². The highest BCUT2D eigenvalue weighted by Crippen LogP contribution is 2.25. The predicted octanol–water partition coefficient (Wildman–Crippen LogP) is 5.78. The molecule has 0 N–H and O–H groups in total. The van der Waals surface area contributed by atoms with Crippen LogP contribution in [0.25, 0.3) is 6.08 Å². The Hall–Kier alpha value is -3.64. The zero-order chi connectivity index (χ0) is 27.3. The molecule has 0 radical (unpaired) electrons. The lowest BCUT2D eigenvalue weighted by Gasteiger charge is -2.36. The van der Waals surface area contributed by atoms with Crippen molar-refractivity contribution in [2.75, 3.05) is 26.8 Å². The number of benzene rings is 2. The first-order chi connectivity index (χ1) is 19.1. The van der Waals surface area contributed by atoms with E-state index in [1.54, 1.807) is 18.1 Å². The third-order valence-corrected chi connectivity index (χ3v) is 7.42. The first kappa shape index (κ1) is 28.4. The van der Waals surface area contributed by atoms with E-state index in [4.69, 9.17) is 4.74 Å². The van der Waals surface area contributed by atoms with Crippen LogP contribution in [0.1, 0.15) is 55.3 Å². The molecule has 1 aliphatic carbocycles. The fourth-order valence-electron chi connectivity index (χ4n) is 5.27. The molecule has 0 aliphatic heterocycles. The third kappa shape index (κ3) is 8.69. The van der Waals surface area contributed by atoms with Crippen molar-refractivity contribution in [1.82, 2.24) is 14.4 Å². The first-order valence-corrected chi connectivity index (χ1v) is 14.1. The molecule has 0 bridgehead atoms. The monoisotopic (exact) mass is 527 g/mol. The Bertz CT molecular complexity index is 1180. The number of hydrogen-bond acceptors (Lipinski definition) is 3. The van der Waals surface area contributed by atoms with E-state index in [1.807, 2.05) is 47.4 Å². The van der Waals surface area contributed by atoms with Crippen molar-refractivity contribution in [3.05, 3.63) is 102 Å². The third-order valence-electron chi connectivity index (χ3n) is 7.42. The Labute approximate surface area is 232 Å².